The van der Waals surface area contributed by atoms with Gasteiger partial charge in [-0.3, -0.25) is 9.59 Å². The number of carbonyl (C=O) groups excluding carboxylic acids is 2. The predicted molar refractivity (Wildman–Crippen MR) is 107 cm³/mol. The fraction of sp³-hybridized carbons (Fsp3) is 0. The highest BCUT2D eigenvalue weighted by atomic mass is 16.3. The highest BCUT2D eigenvalue weighted by Crippen LogP contribution is 2.37. The number of anilines is 4. The molecule has 0 aliphatic rings. The molecule has 0 fully saturated rings. The van der Waals surface area contributed by atoms with Gasteiger partial charge < -0.3 is 27.4 Å². The molecular formula is C20H18N4O4. The maximum absolute atomic E-state index is 13.1. The van der Waals surface area contributed by atoms with Gasteiger partial charge in [-0.05, 0) is 48.5 Å². The number of phenolic OH excluding ortho intramolecular Hbond substituents is 2. The predicted octanol–water partition coefficient (Wildman–Crippen LogP) is 2.33. The van der Waals surface area contributed by atoms with Crippen molar-refractivity contribution >= 4 is 34.6 Å². The topological polar surface area (TPSA) is 156 Å². The highest BCUT2D eigenvalue weighted by molar-refractivity contribution is 6.26. The van der Waals surface area contributed by atoms with Gasteiger partial charge >= 0.3 is 0 Å². The average Bonchev–Trinajstić information content (AvgIpc) is 2.67. The Morgan fingerprint density at radius 3 is 1.54 bits per heavy atom. The van der Waals surface area contributed by atoms with Crippen molar-refractivity contribution in [1.82, 2.24) is 0 Å². The van der Waals surface area contributed by atoms with Crippen LogP contribution in [0.3, 0.4) is 0 Å². The van der Waals surface area contributed by atoms with Crippen molar-refractivity contribution in [2.24, 2.45) is 0 Å². The number of nitrogen functional groups attached to an aromatic ring is 3. The van der Waals surface area contributed by atoms with E-state index >= 15 is 0 Å². The van der Waals surface area contributed by atoms with E-state index in [1.165, 1.54) is 48.5 Å². The van der Waals surface area contributed by atoms with E-state index in [4.69, 9.17) is 17.2 Å². The van der Waals surface area contributed by atoms with Crippen LogP contribution in [0.15, 0.2) is 60.7 Å². The molecule has 8 nitrogen and oxygen atoms in total. The number of nitrogens with zero attached hydrogens (tertiary/aromatic N) is 1. The second-order valence-corrected chi connectivity index (χ2v) is 6.09. The number of aromatic hydroxyl groups is 2. The summed E-state index contributed by atoms with van der Waals surface area (Å²) in [6, 6.07) is 14.0. The summed E-state index contributed by atoms with van der Waals surface area (Å²) in [5.74, 6) is -2.27. The molecule has 0 spiro atoms. The van der Waals surface area contributed by atoms with Gasteiger partial charge in [0.25, 0.3) is 11.8 Å². The van der Waals surface area contributed by atoms with E-state index in [9.17, 15) is 19.8 Å². The van der Waals surface area contributed by atoms with Crippen molar-refractivity contribution in [3.05, 3.63) is 71.8 Å². The zero-order valence-corrected chi connectivity index (χ0v) is 14.7. The van der Waals surface area contributed by atoms with Crippen LogP contribution in [-0.4, -0.2) is 22.0 Å². The highest BCUT2D eigenvalue weighted by Gasteiger charge is 2.29. The summed E-state index contributed by atoms with van der Waals surface area (Å²) in [5, 5.41) is 20.2. The van der Waals surface area contributed by atoms with Gasteiger partial charge in [-0.2, -0.15) is 0 Å². The molecule has 0 aromatic heterocycles. The Labute approximate surface area is 160 Å². The molecule has 0 unspecified atom stereocenters. The minimum absolute atomic E-state index is 0.0962. The molecule has 2 amide bonds. The number of nitrogens with two attached hydrogens (primary N) is 3. The van der Waals surface area contributed by atoms with E-state index < -0.39 is 17.6 Å². The molecule has 0 aliphatic carbocycles. The van der Waals surface area contributed by atoms with Crippen LogP contribution in [0.2, 0.25) is 0 Å². The second kappa shape index (κ2) is 7.20. The fourth-order valence-electron chi connectivity index (χ4n) is 2.58. The lowest BCUT2D eigenvalue weighted by Gasteiger charge is -2.23. The van der Waals surface area contributed by atoms with E-state index in [2.05, 4.69) is 0 Å². The minimum Gasteiger partial charge on any atom is -0.506 e. The van der Waals surface area contributed by atoms with Crippen LogP contribution < -0.4 is 22.1 Å². The fourth-order valence-corrected chi connectivity index (χ4v) is 2.58. The first kappa shape index (κ1) is 18.6. The van der Waals surface area contributed by atoms with E-state index in [0.717, 1.165) is 17.0 Å². The quantitative estimate of drug-likeness (QED) is 0.203. The molecule has 0 saturated carbocycles. The summed E-state index contributed by atoms with van der Waals surface area (Å²) in [5.41, 5.74) is 17.8. The number of amides is 2. The van der Waals surface area contributed by atoms with Crippen LogP contribution in [0.1, 0.15) is 20.7 Å². The number of hydrogen-bond acceptors (Lipinski definition) is 7. The average molecular weight is 378 g/mol. The zero-order valence-electron chi connectivity index (χ0n) is 14.7. The Hall–Kier alpha value is -4.20. The van der Waals surface area contributed by atoms with Crippen LogP contribution in [-0.2, 0) is 0 Å². The lowest BCUT2D eigenvalue weighted by atomic mass is 10.1. The summed E-state index contributed by atoms with van der Waals surface area (Å²) < 4.78 is 0. The van der Waals surface area contributed by atoms with Gasteiger partial charge in [0, 0.05) is 34.6 Å². The molecule has 0 saturated heterocycles. The molecule has 8 N–H and O–H groups in total. The van der Waals surface area contributed by atoms with E-state index in [0.29, 0.717) is 11.4 Å². The van der Waals surface area contributed by atoms with Crippen LogP contribution in [0.4, 0.5) is 22.7 Å². The normalized spacial score (nSPS) is 10.4. The molecule has 8 heteroatoms. The third kappa shape index (κ3) is 3.51. The maximum atomic E-state index is 13.1. The second-order valence-electron chi connectivity index (χ2n) is 6.09. The molecule has 0 radical (unpaired) electrons. The van der Waals surface area contributed by atoms with Gasteiger partial charge in [0.1, 0.15) is 11.5 Å². The van der Waals surface area contributed by atoms with Crippen LogP contribution in [0.5, 0.6) is 11.5 Å². The smallest absolute Gasteiger partial charge is 0.265 e. The molecule has 3 rings (SSSR count). The summed E-state index contributed by atoms with van der Waals surface area (Å²) in [6.07, 6.45) is 0. The zero-order chi connectivity index (χ0) is 20.4. The van der Waals surface area contributed by atoms with E-state index in [-0.39, 0.29) is 28.3 Å². The van der Waals surface area contributed by atoms with Crippen molar-refractivity contribution in [2.45, 2.75) is 0 Å². The lowest BCUT2D eigenvalue weighted by molar-refractivity contribution is 0.0896. The van der Waals surface area contributed by atoms with Crippen molar-refractivity contribution in [2.75, 3.05) is 22.1 Å². The lowest BCUT2D eigenvalue weighted by Crippen LogP contribution is -2.37. The molecule has 28 heavy (non-hydrogen) atoms. The summed E-state index contributed by atoms with van der Waals surface area (Å²) in [4.78, 5) is 27.0. The molecule has 0 bridgehead atoms. The van der Waals surface area contributed by atoms with Crippen molar-refractivity contribution < 1.29 is 19.8 Å². The summed E-state index contributed by atoms with van der Waals surface area (Å²) in [7, 11) is 0. The van der Waals surface area contributed by atoms with Crippen LogP contribution in [0, 0.1) is 0 Å². The first-order valence-corrected chi connectivity index (χ1v) is 8.19. The number of hydrogen-bond donors (Lipinski definition) is 5. The van der Waals surface area contributed by atoms with Crippen molar-refractivity contribution in [3.63, 3.8) is 0 Å². The molecule has 0 heterocycles. The Morgan fingerprint density at radius 1 is 0.679 bits per heavy atom. The summed E-state index contributed by atoms with van der Waals surface area (Å²) >= 11 is 0. The standard InChI is InChI=1S/C20H18N4O4/c21-13-5-1-11(2-6-13)19(27)24(16-10-17(25)15(23)9-18(16)26)20(28)12-3-7-14(22)8-4-12/h1-10,25-26H,21-23H2. The Bertz CT molecular complexity index is 990. The Balaban J connectivity index is 2.14. The number of rotatable bonds is 3. The number of benzene rings is 3. The molecular weight excluding hydrogens is 360 g/mol. The third-order valence-electron chi connectivity index (χ3n) is 4.09. The monoisotopic (exact) mass is 378 g/mol. The van der Waals surface area contributed by atoms with Crippen LogP contribution in [0.25, 0.3) is 0 Å². The van der Waals surface area contributed by atoms with Gasteiger partial charge in [-0.1, -0.05) is 0 Å². The Kier molecular flexibility index (Phi) is 4.78. The first-order valence-electron chi connectivity index (χ1n) is 8.19. The molecule has 142 valence electrons. The molecule has 3 aromatic rings. The van der Waals surface area contributed by atoms with E-state index in [1.54, 1.807) is 0 Å². The number of carbonyl (C=O) groups is 2. The van der Waals surface area contributed by atoms with Crippen LogP contribution >= 0.6 is 0 Å². The molecule has 0 atom stereocenters. The molecule has 3 aromatic carbocycles. The SMILES string of the molecule is Nc1ccc(C(=O)N(C(=O)c2ccc(N)cc2)c2cc(O)c(N)cc2O)cc1. The third-order valence-corrected chi connectivity index (χ3v) is 4.09. The van der Waals surface area contributed by atoms with Gasteiger partial charge in [0.15, 0.2) is 0 Å². The van der Waals surface area contributed by atoms with Gasteiger partial charge in [0.05, 0.1) is 11.4 Å². The minimum atomic E-state index is -0.721. The number of imide groups is 1. The first-order chi connectivity index (χ1) is 13.3. The van der Waals surface area contributed by atoms with E-state index in [1.807, 2.05) is 0 Å². The largest absolute Gasteiger partial charge is 0.506 e. The maximum Gasteiger partial charge on any atom is 0.265 e. The summed E-state index contributed by atoms with van der Waals surface area (Å²) in [6.45, 7) is 0. The van der Waals surface area contributed by atoms with Crippen molar-refractivity contribution in [1.29, 1.82) is 0 Å². The Morgan fingerprint density at radius 2 is 1.11 bits per heavy atom. The van der Waals surface area contributed by atoms with Gasteiger partial charge in [-0.25, -0.2) is 4.90 Å². The number of phenols is 2. The van der Waals surface area contributed by atoms with Gasteiger partial charge in [0.2, 0.25) is 0 Å². The van der Waals surface area contributed by atoms with Gasteiger partial charge in [-0.15, -0.1) is 0 Å². The molecule has 0 aliphatic heterocycles. The van der Waals surface area contributed by atoms with Crippen molar-refractivity contribution in [3.8, 4) is 11.5 Å².